The van der Waals surface area contributed by atoms with Gasteiger partial charge in [0, 0.05) is 11.3 Å². The van der Waals surface area contributed by atoms with Crippen LogP contribution in [0.5, 0.6) is 0 Å². The van der Waals surface area contributed by atoms with Gasteiger partial charge in [0.25, 0.3) is 0 Å². The summed E-state index contributed by atoms with van der Waals surface area (Å²) in [4.78, 5) is 8.52. The highest BCUT2D eigenvalue weighted by atomic mass is 32.2. The Kier molecular flexibility index (Phi) is 3.10. The third-order valence-corrected chi connectivity index (χ3v) is 2.80. The maximum atomic E-state index is 7.42. The van der Waals surface area contributed by atoms with Crippen molar-refractivity contribution in [2.45, 2.75) is 24.0 Å². The molecule has 0 aliphatic heterocycles. The van der Waals surface area contributed by atoms with Crippen LogP contribution in [0.1, 0.15) is 17.1 Å². The van der Waals surface area contributed by atoms with E-state index in [0.717, 1.165) is 16.5 Å². The lowest BCUT2D eigenvalue weighted by molar-refractivity contribution is 0.961. The third-order valence-electron chi connectivity index (χ3n) is 2.01. The summed E-state index contributed by atoms with van der Waals surface area (Å²) in [5.41, 5.74) is 6.93. The van der Waals surface area contributed by atoms with Crippen LogP contribution in [0.25, 0.3) is 0 Å². The second-order valence-corrected chi connectivity index (χ2v) is 4.54. The van der Waals surface area contributed by atoms with Crippen LogP contribution in [0.2, 0.25) is 0 Å². The van der Waals surface area contributed by atoms with E-state index >= 15 is 0 Å². The SMILES string of the molecule is Cc1cc(C(=N)N)cc(Sc2n[nH]c(C)n2)n1. The first kappa shape index (κ1) is 11.6. The number of hydrogen-bond acceptors (Lipinski definition) is 5. The number of rotatable bonds is 3. The number of nitrogen functional groups attached to an aromatic ring is 1. The second-order valence-electron chi connectivity index (χ2n) is 3.55. The maximum absolute atomic E-state index is 7.42. The molecule has 0 amide bonds. The van der Waals surface area contributed by atoms with E-state index in [4.69, 9.17) is 11.1 Å². The van der Waals surface area contributed by atoms with E-state index in [1.54, 1.807) is 12.1 Å². The summed E-state index contributed by atoms with van der Waals surface area (Å²) in [6, 6.07) is 3.53. The normalized spacial score (nSPS) is 10.5. The number of amidine groups is 1. The molecule has 0 aromatic carbocycles. The molecule has 0 atom stereocenters. The molecule has 0 aliphatic rings. The van der Waals surface area contributed by atoms with E-state index in [0.29, 0.717) is 10.7 Å². The summed E-state index contributed by atoms with van der Waals surface area (Å²) >= 11 is 1.34. The van der Waals surface area contributed by atoms with Crippen molar-refractivity contribution in [2.75, 3.05) is 0 Å². The number of hydrogen-bond donors (Lipinski definition) is 3. The number of aromatic amines is 1. The highest BCUT2D eigenvalue weighted by Crippen LogP contribution is 2.23. The van der Waals surface area contributed by atoms with Gasteiger partial charge in [-0.1, -0.05) is 0 Å². The first-order valence-electron chi connectivity index (χ1n) is 4.94. The average Bonchev–Trinajstić information content (AvgIpc) is 2.63. The Morgan fingerprint density at radius 3 is 2.71 bits per heavy atom. The molecule has 0 radical (unpaired) electrons. The number of H-pyrrole nitrogens is 1. The van der Waals surface area contributed by atoms with Crippen molar-refractivity contribution in [3.63, 3.8) is 0 Å². The van der Waals surface area contributed by atoms with E-state index in [1.165, 1.54) is 11.8 Å². The molecule has 0 fully saturated rings. The lowest BCUT2D eigenvalue weighted by Gasteiger charge is -2.03. The van der Waals surface area contributed by atoms with Crippen molar-refractivity contribution in [1.29, 1.82) is 5.41 Å². The van der Waals surface area contributed by atoms with Gasteiger partial charge in [-0.3, -0.25) is 10.5 Å². The summed E-state index contributed by atoms with van der Waals surface area (Å²) in [6.07, 6.45) is 0. The largest absolute Gasteiger partial charge is 0.384 e. The monoisotopic (exact) mass is 248 g/mol. The summed E-state index contributed by atoms with van der Waals surface area (Å²) in [6.45, 7) is 3.70. The van der Waals surface area contributed by atoms with Crippen molar-refractivity contribution >= 4 is 17.6 Å². The van der Waals surface area contributed by atoms with Crippen molar-refractivity contribution in [1.82, 2.24) is 20.2 Å². The van der Waals surface area contributed by atoms with Gasteiger partial charge in [0.1, 0.15) is 16.7 Å². The molecule has 0 bridgehead atoms. The van der Waals surface area contributed by atoms with Gasteiger partial charge in [0.2, 0.25) is 5.16 Å². The Labute approximate surface area is 103 Å². The van der Waals surface area contributed by atoms with Gasteiger partial charge in [-0.25, -0.2) is 9.97 Å². The molecule has 88 valence electrons. The fraction of sp³-hybridized carbons (Fsp3) is 0.200. The smallest absolute Gasteiger partial charge is 0.214 e. The first-order chi connectivity index (χ1) is 8.04. The van der Waals surface area contributed by atoms with Crippen LogP contribution in [-0.4, -0.2) is 26.0 Å². The van der Waals surface area contributed by atoms with Gasteiger partial charge in [0.15, 0.2) is 0 Å². The zero-order valence-corrected chi connectivity index (χ0v) is 10.3. The average molecular weight is 248 g/mol. The molecule has 2 rings (SSSR count). The minimum absolute atomic E-state index is 0.0310. The second kappa shape index (κ2) is 4.54. The Hall–Kier alpha value is -1.89. The number of aromatic nitrogens is 4. The molecule has 0 saturated heterocycles. The van der Waals surface area contributed by atoms with E-state index in [2.05, 4.69) is 20.2 Å². The number of aryl methyl sites for hydroxylation is 2. The van der Waals surface area contributed by atoms with Gasteiger partial charge < -0.3 is 5.73 Å². The predicted octanol–water partition coefficient (Wildman–Crippen LogP) is 1.25. The standard InChI is InChI=1S/C10H12N6S/c1-5-3-7(9(11)12)4-8(13-5)17-10-14-6(2)15-16-10/h3-4H,1-2H3,(H3,11,12)(H,14,15,16). The number of nitrogens with one attached hydrogen (secondary N) is 2. The Morgan fingerprint density at radius 1 is 1.35 bits per heavy atom. The molecule has 4 N–H and O–H groups in total. The topological polar surface area (TPSA) is 104 Å². The van der Waals surface area contributed by atoms with Crippen molar-refractivity contribution in [3.8, 4) is 0 Å². The molecule has 0 unspecified atom stereocenters. The molecule has 7 heteroatoms. The minimum atomic E-state index is 0.0310. The summed E-state index contributed by atoms with van der Waals surface area (Å²) in [5, 5.41) is 15.5. The molecular weight excluding hydrogens is 236 g/mol. The zero-order chi connectivity index (χ0) is 12.4. The predicted molar refractivity (Wildman–Crippen MR) is 65.2 cm³/mol. The fourth-order valence-corrected chi connectivity index (χ4v) is 2.14. The number of pyridine rings is 1. The molecule has 17 heavy (non-hydrogen) atoms. The van der Waals surface area contributed by atoms with Crippen LogP contribution in [0.4, 0.5) is 0 Å². The molecule has 0 saturated carbocycles. The van der Waals surface area contributed by atoms with E-state index in [9.17, 15) is 0 Å². The minimum Gasteiger partial charge on any atom is -0.384 e. The summed E-state index contributed by atoms with van der Waals surface area (Å²) in [7, 11) is 0. The van der Waals surface area contributed by atoms with Gasteiger partial charge >= 0.3 is 0 Å². The van der Waals surface area contributed by atoms with E-state index < -0.39 is 0 Å². The van der Waals surface area contributed by atoms with Gasteiger partial charge in [0.05, 0.1) is 0 Å². The number of nitrogens with two attached hydrogens (primary N) is 1. The first-order valence-corrected chi connectivity index (χ1v) is 5.76. The third kappa shape index (κ3) is 2.82. The Balaban J connectivity index is 2.29. The van der Waals surface area contributed by atoms with Gasteiger partial charge in [-0.2, -0.15) is 0 Å². The van der Waals surface area contributed by atoms with Gasteiger partial charge in [-0.05, 0) is 37.7 Å². The number of nitrogens with zero attached hydrogens (tertiary/aromatic N) is 3. The highest BCUT2D eigenvalue weighted by molar-refractivity contribution is 7.99. The molecule has 6 nitrogen and oxygen atoms in total. The summed E-state index contributed by atoms with van der Waals surface area (Å²) < 4.78 is 0. The van der Waals surface area contributed by atoms with Crippen LogP contribution in [0.3, 0.4) is 0 Å². The summed E-state index contributed by atoms with van der Waals surface area (Å²) in [5.74, 6) is 0.787. The van der Waals surface area contributed by atoms with Crippen molar-refractivity contribution < 1.29 is 0 Å². The van der Waals surface area contributed by atoms with Crippen molar-refractivity contribution in [3.05, 3.63) is 29.2 Å². The van der Waals surface area contributed by atoms with E-state index in [1.807, 2.05) is 13.8 Å². The zero-order valence-electron chi connectivity index (χ0n) is 9.48. The maximum Gasteiger partial charge on any atom is 0.214 e. The lowest BCUT2D eigenvalue weighted by Crippen LogP contribution is -2.11. The quantitative estimate of drug-likeness (QED) is 0.560. The molecule has 0 aliphatic carbocycles. The molecule has 2 aromatic rings. The highest BCUT2D eigenvalue weighted by Gasteiger charge is 2.07. The lowest BCUT2D eigenvalue weighted by atomic mass is 10.2. The van der Waals surface area contributed by atoms with Crippen LogP contribution < -0.4 is 5.73 Å². The molecular formula is C10H12N6S. The van der Waals surface area contributed by atoms with Gasteiger partial charge in [-0.15, -0.1) is 5.10 Å². The molecule has 0 spiro atoms. The Morgan fingerprint density at radius 2 is 2.12 bits per heavy atom. The molecule has 2 aromatic heterocycles. The Bertz CT molecular complexity index is 562. The van der Waals surface area contributed by atoms with Crippen LogP contribution in [0.15, 0.2) is 22.3 Å². The van der Waals surface area contributed by atoms with Crippen LogP contribution in [0, 0.1) is 19.3 Å². The fourth-order valence-electron chi connectivity index (χ4n) is 1.31. The van der Waals surface area contributed by atoms with Crippen LogP contribution >= 0.6 is 11.8 Å². The van der Waals surface area contributed by atoms with E-state index in [-0.39, 0.29) is 5.84 Å². The van der Waals surface area contributed by atoms with Crippen molar-refractivity contribution in [2.24, 2.45) is 5.73 Å². The van der Waals surface area contributed by atoms with Crippen LogP contribution in [-0.2, 0) is 0 Å². The molecule has 2 heterocycles.